The second-order valence-electron chi connectivity index (χ2n) is 6.38. The van der Waals surface area contributed by atoms with Crippen LogP contribution in [0.25, 0.3) is 10.9 Å². The number of piperazine rings is 1. The largest absolute Gasteiger partial charge is 0.465 e. The zero-order chi connectivity index (χ0) is 17.8. The molecule has 0 bridgehead atoms. The van der Waals surface area contributed by atoms with E-state index in [9.17, 15) is 9.59 Å². The van der Waals surface area contributed by atoms with Gasteiger partial charge in [0.2, 0.25) is 5.91 Å². The van der Waals surface area contributed by atoms with Crippen LogP contribution in [-0.4, -0.2) is 65.5 Å². The maximum atomic E-state index is 12.6. The number of benzene rings is 1. The molecule has 0 saturated carbocycles. The Bertz CT molecular complexity index is 747. The van der Waals surface area contributed by atoms with Crippen LogP contribution >= 0.6 is 0 Å². The second-order valence-corrected chi connectivity index (χ2v) is 6.38. The molecule has 1 aliphatic rings. The van der Waals surface area contributed by atoms with Crippen LogP contribution in [0.1, 0.15) is 19.4 Å². The van der Waals surface area contributed by atoms with Gasteiger partial charge in [-0.1, -0.05) is 18.2 Å². The zero-order valence-electron chi connectivity index (χ0n) is 14.8. The number of hydrogen-bond acceptors (Lipinski definition) is 4. The molecule has 0 unspecified atom stereocenters. The van der Waals surface area contributed by atoms with Crippen molar-refractivity contribution < 1.29 is 14.3 Å². The van der Waals surface area contributed by atoms with Crippen molar-refractivity contribution in [3.63, 3.8) is 0 Å². The van der Waals surface area contributed by atoms with E-state index < -0.39 is 0 Å². The van der Waals surface area contributed by atoms with Crippen LogP contribution in [0.5, 0.6) is 0 Å². The summed E-state index contributed by atoms with van der Waals surface area (Å²) in [6, 6.07) is 7.76. The highest BCUT2D eigenvalue weighted by molar-refractivity contribution is 5.89. The van der Waals surface area contributed by atoms with Crippen molar-refractivity contribution in [3.05, 3.63) is 36.0 Å². The number of aromatic nitrogens is 1. The van der Waals surface area contributed by atoms with Gasteiger partial charge in [0.1, 0.15) is 6.04 Å². The number of ether oxygens (including phenoxy) is 1. The summed E-state index contributed by atoms with van der Waals surface area (Å²) in [5.41, 5.74) is 2.08. The van der Waals surface area contributed by atoms with E-state index in [0.717, 1.165) is 16.5 Å². The molecule has 1 aromatic heterocycles. The van der Waals surface area contributed by atoms with E-state index in [1.165, 1.54) is 0 Å². The predicted octanol–water partition coefficient (Wildman–Crippen LogP) is 1.81. The maximum Gasteiger partial charge on any atom is 0.323 e. The van der Waals surface area contributed by atoms with Gasteiger partial charge in [0.05, 0.1) is 13.0 Å². The number of carbonyl (C=O) groups excluding carboxylic acids is 2. The van der Waals surface area contributed by atoms with E-state index in [1.54, 1.807) is 0 Å². The standard InChI is InChI=1S/C19H25N3O3/c1-3-25-19(24)14(2)21-8-10-22(11-9-21)18(23)12-15-13-20-17-7-5-4-6-16(15)17/h4-7,13-14,20H,3,8-12H2,1-2H3/t14-/m1/s1. The molecule has 1 amide bonds. The fourth-order valence-corrected chi connectivity index (χ4v) is 3.32. The van der Waals surface area contributed by atoms with Gasteiger partial charge in [-0.2, -0.15) is 0 Å². The molecular weight excluding hydrogens is 318 g/mol. The molecule has 0 spiro atoms. The minimum Gasteiger partial charge on any atom is -0.465 e. The number of fused-ring (bicyclic) bond motifs is 1. The Morgan fingerprint density at radius 2 is 1.92 bits per heavy atom. The molecule has 0 radical (unpaired) electrons. The molecule has 1 atom stereocenters. The lowest BCUT2D eigenvalue weighted by molar-refractivity contribution is -0.149. The van der Waals surface area contributed by atoms with Crippen molar-refractivity contribution >= 4 is 22.8 Å². The third-order valence-corrected chi connectivity index (χ3v) is 4.86. The molecule has 25 heavy (non-hydrogen) atoms. The smallest absolute Gasteiger partial charge is 0.323 e. The van der Waals surface area contributed by atoms with Gasteiger partial charge in [0, 0.05) is 43.3 Å². The van der Waals surface area contributed by atoms with Crippen molar-refractivity contribution in [3.8, 4) is 0 Å². The summed E-state index contributed by atoms with van der Waals surface area (Å²) in [5.74, 6) is -0.0609. The Kier molecular flexibility index (Phi) is 5.38. The van der Waals surface area contributed by atoms with Gasteiger partial charge in [-0.25, -0.2) is 0 Å². The van der Waals surface area contributed by atoms with E-state index in [1.807, 2.05) is 49.2 Å². The minimum atomic E-state index is -0.259. The van der Waals surface area contributed by atoms with Crippen LogP contribution in [-0.2, 0) is 20.7 Å². The van der Waals surface area contributed by atoms with Gasteiger partial charge in [0.25, 0.3) is 0 Å². The molecule has 6 heteroatoms. The van der Waals surface area contributed by atoms with Gasteiger partial charge >= 0.3 is 5.97 Å². The number of nitrogens with zero attached hydrogens (tertiary/aromatic N) is 2. The van der Waals surface area contributed by atoms with Crippen LogP contribution in [0, 0.1) is 0 Å². The number of hydrogen-bond donors (Lipinski definition) is 1. The van der Waals surface area contributed by atoms with Crippen LogP contribution < -0.4 is 0 Å². The molecule has 3 rings (SSSR count). The van der Waals surface area contributed by atoms with E-state index in [-0.39, 0.29) is 17.9 Å². The average molecular weight is 343 g/mol. The summed E-state index contributed by atoms with van der Waals surface area (Å²) in [6.45, 7) is 6.74. The highest BCUT2D eigenvalue weighted by atomic mass is 16.5. The van der Waals surface area contributed by atoms with Crippen molar-refractivity contribution in [2.45, 2.75) is 26.3 Å². The minimum absolute atomic E-state index is 0.133. The molecule has 1 N–H and O–H groups in total. The molecule has 1 fully saturated rings. The van der Waals surface area contributed by atoms with E-state index in [4.69, 9.17) is 4.74 Å². The highest BCUT2D eigenvalue weighted by Crippen LogP contribution is 2.19. The van der Waals surface area contributed by atoms with Gasteiger partial charge < -0.3 is 14.6 Å². The van der Waals surface area contributed by atoms with Gasteiger partial charge in [-0.05, 0) is 25.5 Å². The molecule has 1 aromatic carbocycles. The molecule has 2 aromatic rings. The Morgan fingerprint density at radius 1 is 1.20 bits per heavy atom. The highest BCUT2D eigenvalue weighted by Gasteiger charge is 2.28. The summed E-state index contributed by atoms with van der Waals surface area (Å²) in [4.78, 5) is 31.6. The first-order valence-electron chi connectivity index (χ1n) is 8.83. The fourth-order valence-electron chi connectivity index (χ4n) is 3.32. The number of amides is 1. The topological polar surface area (TPSA) is 65.6 Å². The summed E-state index contributed by atoms with van der Waals surface area (Å²) >= 11 is 0. The SMILES string of the molecule is CCOC(=O)[C@@H](C)N1CCN(C(=O)Cc2c[nH]c3ccccc23)CC1. The molecule has 6 nitrogen and oxygen atoms in total. The van der Waals surface area contributed by atoms with Crippen LogP contribution in [0.15, 0.2) is 30.5 Å². The zero-order valence-corrected chi connectivity index (χ0v) is 14.8. The van der Waals surface area contributed by atoms with Gasteiger partial charge in [-0.3, -0.25) is 14.5 Å². The first-order chi connectivity index (χ1) is 12.1. The van der Waals surface area contributed by atoms with Crippen LogP contribution in [0.4, 0.5) is 0 Å². The lowest BCUT2D eigenvalue weighted by Crippen LogP contribution is -2.53. The Hall–Kier alpha value is -2.34. The number of para-hydroxylation sites is 1. The second kappa shape index (κ2) is 7.70. The number of aromatic amines is 1. The Morgan fingerprint density at radius 3 is 2.64 bits per heavy atom. The number of H-pyrrole nitrogens is 1. The summed E-state index contributed by atoms with van der Waals surface area (Å²) < 4.78 is 5.08. The normalized spacial score (nSPS) is 16.8. The average Bonchev–Trinajstić information content (AvgIpc) is 3.04. The summed E-state index contributed by atoms with van der Waals surface area (Å²) in [6.07, 6.45) is 2.32. The van der Waals surface area contributed by atoms with E-state index >= 15 is 0 Å². The lowest BCUT2D eigenvalue weighted by Gasteiger charge is -2.37. The fraction of sp³-hybridized carbons (Fsp3) is 0.474. The Balaban J connectivity index is 1.56. The van der Waals surface area contributed by atoms with Crippen molar-refractivity contribution in [1.29, 1.82) is 0 Å². The third-order valence-electron chi connectivity index (χ3n) is 4.86. The first-order valence-corrected chi connectivity index (χ1v) is 8.83. The van der Waals surface area contributed by atoms with E-state index in [2.05, 4.69) is 9.88 Å². The molecule has 1 saturated heterocycles. The van der Waals surface area contributed by atoms with Crippen molar-refractivity contribution in [2.24, 2.45) is 0 Å². The van der Waals surface area contributed by atoms with Crippen molar-refractivity contribution in [2.75, 3.05) is 32.8 Å². The predicted molar refractivity (Wildman–Crippen MR) is 96.3 cm³/mol. The van der Waals surface area contributed by atoms with Gasteiger partial charge in [0.15, 0.2) is 0 Å². The third kappa shape index (κ3) is 3.85. The maximum absolute atomic E-state index is 12.6. The monoisotopic (exact) mass is 343 g/mol. The molecule has 0 aliphatic carbocycles. The van der Waals surface area contributed by atoms with E-state index in [0.29, 0.717) is 39.2 Å². The quantitative estimate of drug-likeness (QED) is 0.841. The summed E-state index contributed by atoms with van der Waals surface area (Å²) in [5, 5.41) is 1.10. The van der Waals surface area contributed by atoms with Crippen LogP contribution in [0.2, 0.25) is 0 Å². The first kappa shape index (κ1) is 17.5. The lowest BCUT2D eigenvalue weighted by atomic mass is 10.1. The number of esters is 1. The molecular formula is C19H25N3O3. The number of carbonyl (C=O) groups is 2. The Labute approximate surface area is 147 Å². The number of nitrogens with one attached hydrogen (secondary N) is 1. The van der Waals surface area contributed by atoms with Crippen LogP contribution in [0.3, 0.4) is 0 Å². The van der Waals surface area contributed by atoms with Gasteiger partial charge in [-0.15, -0.1) is 0 Å². The van der Waals surface area contributed by atoms with Crippen molar-refractivity contribution in [1.82, 2.24) is 14.8 Å². The number of rotatable bonds is 5. The summed E-state index contributed by atoms with van der Waals surface area (Å²) in [7, 11) is 0. The molecule has 2 heterocycles. The molecule has 134 valence electrons. The molecule has 1 aliphatic heterocycles.